The van der Waals surface area contributed by atoms with E-state index >= 15 is 0 Å². The molecule has 1 aromatic rings. The Morgan fingerprint density at radius 2 is 2.43 bits per heavy atom. The summed E-state index contributed by atoms with van der Waals surface area (Å²) in [6.07, 6.45) is 5.25. The Kier molecular flexibility index (Phi) is 2.27. The largest absolute Gasteiger partial charge is 0.478 e. The van der Waals surface area contributed by atoms with Crippen LogP contribution in [0.3, 0.4) is 0 Å². The molecule has 0 radical (unpaired) electrons. The van der Waals surface area contributed by atoms with E-state index in [0.29, 0.717) is 11.5 Å². The van der Waals surface area contributed by atoms with Gasteiger partial charge in [-0.25, -0.2) is 4.79 Å². The lowest BCUT2D eigenvalue weighted by Crippen LogP contribution is -2.19. The van der Waals surface area contributed by atoms with E-state index in [1.807, 2.05) is 11.6 Å². The zero-order chi connectivity index (χ0) is 10.1. The lowest BCUT2D eigenvalue weighted by molar-refractivity contribution is 0.0696. The fraction of sp³-hybridized carbons (Fsp3) is 0.600. The Balaban J connectivity index is 2.13. The predicted octanol–water partition coefficient (Wildman–Crippen LogP) is 1.69. The fourth-order valence-electron chi connectivity index (χ4n) is 1.76. The van der Waals surface area contributed by atoms with E-state index in [1.165, 1.54) is 25.5 Å². The Bertz CT molecular complexity index is 353. The molecule has 0 unspecified atom stereocenters. The van der Waals surface area contributed by atoms with Crippen molar-refractivity contribution in [1.29, 1.82) is 0 Å². The summed E-state index contributed by atoms with van der Waals surface area (Å²) in [5.41, 5.74) is 1.09. The number of nitrogens with zero attached hydrogens (tertiary/aromatic N) is 2. The minimum atomic E-state index is -0.887. The summed E-state index contributed by atoms with van der Waals surface area (Å²) < 4.78 is 1.81. The summed E-state index contributed by atoms with van der Waals surface area (Å²) in [6.45, 7) is 2.69. The van der Waals surface area contributed by atoms with Crippen molar-refractivity contribution in [1.82, 2.24) is 9.78 Å². The summed E-state index contributed by atoms with van der Waals surface area (Å²) in [6, 6.07) is 0. The molecule has 0 saturated heterocycles. The molecule has 1 N–H and O–H groups in total. The Morgan fingerprint density at radius 3 is 2.86 bits per heavy atom. The fourth-order valence-corrected chi connectivity index (χ4v) is 1.76. The third kappa shape index (κ3) is 1.52. The Hall–Kier alpha value is -1.32. The summed E-state index contributed by atoms with van der Waals surface area (Å²) >= 11 is 0. The molecular weight excluding hydrogens is 180 g/mol. The van der Waals surface area contributed by atoms with Crippen LogP contribution in [0, 0.1) is 12.8 Å². The topological polar surface area (TPSA) is 55.1 Å². The number of carboxylic acid groups (broad SMARTS) is 1. The second-order valence-corrected chi connectivity index (χ2v) is 3.93. The van der Waals surface area contributed by atoms with Gasteiger partial charge in [0, 0.05) is 12.2 Å². The second kappa shape index (κ2) is 3.44. The van der Waals surface area contributed by atoms with Gasteiger partial charge >= 0.3 is 5.97 Å². The number of carbonyl (C=O) groups is 1. The average molecular weight is 194 g/mol. The summed E-state index contributed by atoms with van der Waals surface area (Å²) in [4.78, 5) is 10.8. The van der Waals surface area contributed by atoms with Gasteiger partial charge in [-0.3, -0.25) is 4.68 Å². The molecule has 14 heavy (non-hydrogen) atoms. The molecule has 0 amide bonds. The van der Waals surface area contributed by atoms with Crippen LogP contribution in [0.2, 0.25) is 0 Å². The molecule has 1 aromatic heterocycles. The standard InChI is InChI=1S/C10H14N2O2/c1-7-9(10(13)14)5-11-12(7)6-8-3-2-4-8/h5,8H,2-4,6H2,1H3,(H,13,14). The van der Waals surface area contributed by atoms with E-state index in [2.05, 4.69) is 5.10 Å². The summed E-state index contributed by atoms with van der Waals surface area (Å²) in [7, 11) is 0. The first-order valence-electron chi connectivity index (χ1n) is 4.94. The molecular formula is C10H14N2O2. The van der Waals surface area contributed by atoms with Gasteiger partial charge in [0.2, 0.25) is 0 Å². The van der Waals surface area contributed by atoms with Crippen LogP contribution in [-0.4, -0.2) is 20.9 Å². The maximum atomic E-state index is 10.8. The van der Waals surface area contributed by atoms with Crippen molar-refractivity contribution in [2.24, 2.45) is 5.92 Å². The maximum Gasteiger partial charge on any atom is 0.339 e. The first-order chi connectivity index (χ1) is 6.68. The van der Waals surface area contributed by atoms with Crippen LogP contribution in [0.15, 0.2) is 6.20 Å². The molecule has 1 aliphatic rings. The maximum absolute atomic E-state index is 10.8. The molecule has 0 aliphatic heterocycles. The van der Waals surface area contributed by atoms with Gasteiger partial charge in [0.25, 0.3) is 0 Å². The average Bonchev–Trinajstić information content (AvgIpc) is 2.40. The molecule has 0 atom stereocenters. The van der Waals surface area contributed by atoms with Crippen molar-refractivity contribution in [3.8, 4) is 0 Å². The smallest absolute Gasteiger partial charge is 0.339 e. The van der Waals surface area contributed by atoms with Crippen molar-refractivity contribution < 1.29 is 9.90 Å². The SMILES string of the molecule is Cc1c(C(=O)O)cnn1CC1CCC1. The Morgan fingerprint density at radius 1 is 1.71 bits per heavy atom. The quantitative estimate of drug-likeness (QED) is 0.796. The molecule has 1 fully saturated rings. The number of hydrogen-bond acceptors (Lipinski definition) is 2. The van der Waals surface area contributed by atoms with Gasteiger partial charge < -0.3 is 5.11 Å². The van der Waals surface area contributed by atoms with Crippen LogP contribution < -0.4 is 0 Å². The van der Waals surface area contributed by atoms with Crippen molar-refractivity contribution >= 4 is 5.97 Å². The van der Waals surface area contributed by atoms with E-state index < -0.39 is 5.97 Å². The normalized spacial score (nSPS) is 16.6. The Labute approximate surface area is 82.5 Å². The zero-order valence-electron chi connectivity index (χ0n) is 8.23. The lowest BCUT2D eigenvalue weighted by Gasteiger charge is -2.25. The third-order valence-electron chi connectivity index (χ3n) is 2.99. The van der Waals surface area contributed by atoms with E-state index in [-0.39, 0.29) is 0 Å². The van der Waals surface area contributed by atoms with Crippen molar-refractivity contribution in [3.05, 3.63) is 17.5 Å². The first kappa shape index (κ1) is 9.24. The predicted molar refractivity (Wildman–Crippen MR) is 51.3 cm³/mol. The van der Waals surface area contributed by atoms with Crippen LogP contribution in [0.5, 0.6) is 0 Å². The molecule has 2 rings (SSSR count). The van der Waals surface area contributed by atoms with E-state index in [0.717, 1.165) is 12.2 Å². The molecule has 1 saturated carbocycles. The zero-order valence-corrected chi connectivity index (χ0v) is 8.23. The highest BCUT2D eigenvalue weighted by molar-refractivity contribution is 5.88. The van der Waals surface area contributed by atoms with Crippen molar-refractivity contribution in [2.45, 2.75) is 32.7 Å². The molecule has 4 nitrogen and oxygen atoms in total. The lowest BCUT2D eigenvalue weighted by atomic mass is 9.85. The van der Waals surface area contributed by atoms with Gasteiger partial charge in [-0.15, -0.1) is 0 Å². The van der Waals surface area contributed by atoms with Crippen molar-refractivity contribution in [3.63, 3.8) is 0 Å². The van der Waals surface area contributed by atoms with Crippen molar-refractivity contribution in [2.75, 3.05) is 0 Å². The van der Waals surface area contributed by atoms with Gasteiger partial charge in [0.05, 0.1) is 6.20 Å². The van der Waals surface area contributed by atoms with Crippen LogP contribution in [0.4, 0.5) is 0 Å². The number of carboxylic acids is 1. The van der Waals surface area contributed by atoms with Gasteiger partial charge in [-0.1, -0.05) is 6.42 Å². The highest BCUT2D eigenvalue weighted by Crippen LogP contribution is 2.28. The molecule has 76 valence electrons. The number of aromatic nitrogens is 2. The van der Waals surface area contributed by atoms with Crippen LogP contribution in [-0.2, 0) is 6.54 Å². The van der Waals surface area contributed by atoms with Gasteiger partial charge in [0.1, 0.15) is 5.56 Å². The van der Waals surface area contributed by atoms with E-state index in [9.17, 15) is 4.79 Å². The number of hydrogen-bond donors (Lipinski definition) is 1. The molecule has 1 heterocycles. The highest BCUT2D eigenvalue weighted by atomic mass is 16.4. The van der Waals surface area contributed by atoms with Gasteiger partial charge in [-0.2, -0.15) is 5.10 Å². The molecule has 4 heteroatoms. The molecule has 0 spiro atoms. The highest BCUT2D eigenvalue weighted by Gasteiger charge is 2.20. The van der Waals surface area contributed by atoms with Crippen LogP contribution in [0.25, 0.3) is 0 Å². The van der Waals surface area contributed by atoms with E-state index in [4.69, 9.17) is 5.11 Å². The minimum Gasteiger partial charge on any atom is -0.478 e. The van der Waals surface area contributed by atoms with Gasteiger partial charge in [0.15, 0.2) is 0 Å². The van der Waals surface area contributed by atoms with E-state index in [1.54, 1.807) is 0 Å². The first-order valence-corrected chi connectivity index (χ1v) is 4.94. The van der Waals surface area contributed by atoms with Gasteiger partial charge in [-0.05, 0) is 25.7 Å². The number of aromatic carboxylic acids is 1. The second-order valence-electron chi connectivity index (χ2n) is 3.93. The molecule has 0 aromatic carbocycles. The van der Waals surface area contributed by atoms with Crippen LogP contribution >= 0.6 is 0 Å². The summed E-state index contributed by atoms with van der Waals surface area (Å²) in [5, 5.41) is 12.9. The monoisotopic (exact) mass is 194 g/mol. The molecule has 0 bridgehead atoms. The molecule has 1 aliphatic carbocycles. The summed E-state index contributed by atoms with van der Waals surface area (Å²) in [5.74, 6) is -0.183. The van der Waals surface area contributed by atoms with Crippen LogP contribution in [0.1, 0.15) is 35.3 Å². The number of rotatable bonds is 3. The third-order valence-corrected chi connectivity index (χ3v) is 2.99. The minimum absolute atomic E-state index is 0.323.